The molecule has 0 aliphatic heterocycles. The van der Waals surface area contributed by atoms with Gasteiger partial charge in [-0.2, -0.15) is 8.42 Å². The number of benzene rings is 1. The minimum Gasteiger partial charge on any atom is -0.299 e. The van der Waals surface area contributed by atoms with Crippen LogP contribution in [0.2, 0.25) is 0 Å². The van der Waals surface area contributed by atoms with Crippen molar-refractivity contribution >= 4 is 26.2 Å². The van der Waals surface area contributed by atoms with Gasteiger partial charge in [0.25, 0.3) is 0 Å². The minimum atomic E-state index is -3.88. The van der Waals surface area contributed by atoms with Crippen LogP contribution in [0.4, 0.5) is 0 Å². The second kappa shape index (κ2) is 12.7. The monoisotopic (exact) mass is 430 g/mol. The normalized spacial score (nSPS) is 12.9. The highest BCUT2D eigenvalue weighted by molar-refractivity contribution is 8.33. The van der Waals surface area contributed by atoms with Crippen molar-refractivity contribution in [2.24, 2.45) is 0 Å². The number of aryl methyl sites for hydroxylation is 1. The van der Waals surface area contributed by atoms with Gasteiger partial charge in [-0.05, 0) is 38.3 Å². The summed E-state index contributed by atoms with van der Waals surface area (Å²) in [4.78, 5) is 12.9. The number of hydrogen-bond donors (Lipinski definition) is 0. The van der Waals surface area contributed by atoms with E-state index in [-0.39, 0.29) is 16.4 Å². The molecule has 4 nitrogen and oxygen atoms in total. The van der Waals surface area contributed by atoms with Crippen molar-refractivity contribution in [1.82, 2.24) is 0 Å². The van der Waals surface area contributed by atoms with Crippen molar-refractivity contribution in [3.05, 3.63) is 29.8 Å². The van der Waals surface area contributed by atoms with E-state index < -0.39 is 20.4 Å². The van der Waals surface area contributed by atoms with Crippen molar-refractivity contribution in [2.45, 2.75) is 84.0 Å². The van der Waals surface area contributed by atoms with Crippen LogP contribution in [-0.4, -0.2) is 31.5 Å². The van der Waals surface area contributed by atoms with Crippen molar-refractivity contribution in [3.8, 4) is 0 Å². The van der Waals surface area contributed by atoms with E-state index >= 15 is 0 Å². The zero-order valence-corrected chi connectivity index (χ0v) is 19.7. The van der Waals surface area contributed by atoms with E-state index in [1.54, 1.807) is 24.3 Å². The summed E-state index contributed by atoms with van der Waals surface area (Å²) in [7, 11) is -5.89. The van der Waals surface area contributed by atoms with Crippen LogP contribution < -0.4 is 0 Å². The van der Waals surface area contributed by atoms with Crippen LogP contribution in [0.1, 0.15) is 77.7 Å². The molecule has 0 aromatic heterocycles. The highest BCUT2D eigenvalue weighted by Crippen LogP contribution is 2.53. The fourth-order valence-corrected chi connectivity index (χ4v) is 8.92. The molecule has 6 heteroatoms. The predicted octanol–water partition coefficient (Wildman–Crippen LogP) is 6.17. The molecule has 28 heavy (non-hydrogen) atoms. The first-order chi connectivity index (χ1) is 13.3. The molecule has 0 N–H and O–H groups in total. The summed E-state index contributed by atoms with van der Waals surface area (Å²) in [5.41, 5.74) is 1.00. The predicted molar refractivity (Wildman–Crippen MR) is 121 cm³/mol. The maximum absolute atomic E-state index is 13.0. The van der Waals surface area contributed by atoms with Crippen LogP contribution in [0.25, 0.3) is 0 Å². The van der Waals surface area contributed by atoms with Gasteiger partial charge in [0, 0.05) is 17.9 Å². The molecule has 0 heterocycles. The highest BCUT2D eigenvalue weighted by atomic mass is 32.3. The molecule has 0 aliphatic carbocycles. The van der Waals surface area contributed by atoms with Crippen LogP contribution in [-0.2, 0) is 18.5 Å². The molecule has 0 unspecified atom stereocenters. The van der Waals surface area contributed by atoms with Gasteiger partial charge in [0.1, 0.15) is 5.78 Å². The number of carbonyl (C=O) groups excluding carboxylic acids is 1. The van der Waals surface area contributed by atoms with E-state index in [9.17, 15) is 13.2 Å². The van der Waals surface area contributed by atoms with Gasteiger partial charge in [-0.3, -0.25) is 4.79 Å². The standard InChI is InChI=1S/C22H38O4S2/c1-5-8-11-12-21(23)19-27(17-9-6-2,18-10-7-3)26-28(24,25)22-15-13-20(4)14-16-22/h13-16H,5-12,17-19H2,1-4H3. The molecule has 0 fully saturated rings. The van der Waals surface area contributed by atoms with Gasteiger partial charge in [0.2, 0.25) is 0 Å². The number of ketones is 1. The maximum atomic E-state index is 13.0. The molecule has 0 radical (unpaired) electrons. The molecule has 0 aliphatic rings. The number of Topliss-reactive ketones (excluding diaryl/α,β-unsaturated/α-hetero) is 1. The SMILES string of the molecule is CCCCCC(=O)CS(CCCC)(CCCC)OS(=O)(=O)c1ccc(C)cc1. The third kappa shape index (κ3) is 8.66. The molecule has 0 bridgehead atoms. The second-order valence-electron chi connectivity index (χ2n) is 7.56. The third-order valence-electron chi connectivity index (χ3n) is 4.77. The Morgan fingerprint density at radius 2 is 1.39 bits per heavy atom. The lowest BCUT2D eigenvalue weighted by Gasteiger charge is -2.38. The zero-order valence-electron chi connectivity index (χ0n) is 18.0. The number of rotatable bonds is 15. The van der Waals surface area contributed by atoms with E-state index in [0.29, 0.717) is 17.9 Å². The lowest BCUT2D eigenvalue weighted by molar-refractivity contribution is -0.116. The number of carbonyl (C=O) groups is 1. The first-order valence-corrected chi connectivity index (χ1v) is 14.1. The van der Waals surface area contributed by atoms with E-state index in [4.69, 9.17) is 3.63 Å². The first-order valence-electron chi connectivity index (χ1n) is 10.6. The number of hydrogen-bond acceptors (Lipinski definition) is 4. The Morgan fingerprint density at radius 3 is 1.89 bits per heavy atom. The molecule has 162 valence electrons. The topological polar surface area (TPSA) is 60.4 Å². The fourth-order valence-electron chi connectivity index (χ4n) is 3.03. The Bertz CT molecular complexity index is 673. The Morgan fingerprint density at radius 1 is 0.857 bits per heavy atom. The smallest absolute Gasteiger partial charge is 0.299 e. The van der Waals surface area contributed by atoms with Crippen molar-refractivity contribution in [1.29, 1.82) is 0 Å². The Balaban J connectivity index is 3.10. The van der Waals surface area contributed by atoms with Gasteiger partial charge in [0.05, 0.1) is 10.6 Å². The molecule has 0 amide bonds. The van der Waals surface area contributed by atoms with E-state index in [0.717, 1.165) is 50.5 Å². The molecule has 0 saturated heterocycles. The average molecular weight is 431 g/mol. The molecular weight excluding hydrogens is 392 g/mol. The maximum Gasteiger partial charge on any atom is 0.306 e. The lowest BCUT2D eigenvalue weighted by atomic mass is 10.2. The van der Waals surface area contributed by atoms with Gasteiger partial charge in [-0.25, -0.2) is 3.63 Å². The average Bonchev–Trinajstić information content (AvgIpc) is 2.65. The summed E-state index contributed by atoms with van der Waals surface area (Å²) < 4.78 is 32.0. The van der Waals surface area contributed by atoms with E-state index in [1.807, 2.05) is 6.92 Å². The third-order valence-corrected chi connectivity index (χ3v) is 10.4. The van der Waals surface area contributed by atoms with Gasteiger partial charge in [-0.1, -0.05) is 64.2 Å². The largest absolute Gasteiger partial charge is 0.306 e. The summed E-state index contributed by atoms with van der Waals surface area (Å²) in [5, 5.41) is 0. The Labute approximate surface area is 174 Å². The highest BCUT2D eigenvalue weighted by Gasteiger charge is 2.33. The van der Waals surface area contributed by atoms with Crippen LogP contribution in [0.15, 0.2) is 29.2 Å². The molecular formula is C22H38O4S2. The summed E-state index contributed by atoms with van der Waals surface area (Å²) in [6, 6.07) is 6.75. The zero-order chi connectivity index (χ0) is 21.0. The van der Waals surface area contributed by atoms with Crippen LogP contribution in [0.3, 0.4) is 0 Å². The number of unbranched alkanes of at least 4 members (excludes halogenated alkanes) is 4. The molecule has 1 aromatic rings. The van der Waals surface area contributed by atoms with Crippen LogP contribution in [0.5, 0.6) is 0 Å². The van der Waals surface area contributed by atoms with Gasteiger partial charge in [0.15, 0.2) is 0 Å². The minimum absolute atomic E-state index is 0.148. The first kappa shape index (κ1) is 25.2. The van der Waals surface area contributed by atoms with E-state index in [1.165, 1.54) is 0 Å². The summed E-state index contributed by atoms with van der Waals surface area (Å²) in [5.74, 6) is 1.76. The summed E-state index contributed by atoms with van der Waals surface area (Å²) >= 11 is 0. The van der Waals surface area contributed by atoms with Crippen LogP contribution in [0, 0.1) is 6.92 Å². The van der Waals surface area contributed by atoms with Gasteiger partial charge in [-0.15, -0.1) is 10.3 Å². The van der Waals surface area contributed by atoms with Crippen molar-refractivity contribution in [2.75, 3.05) is 17.3 Å². The molecule has 0 spiro atoms. The van der Waals surface area contributed by atoms with Crippen LogP contribution >= 0.6 is 10.3 Å². The second-order valence-corrected chi connectivity index (χ2v) is 12.5. The molecule has 0 saturated carbocycles. The lowest BCUT2D eigenvalue weighted by Crippen LogP contribution is -2.25. The molecule has 1 rings (SSSR count). The quantitative estimate of drug-likeness (QED) is 0.312. The van der Waals surface area contributed by atoms with Crippen molar-refractivity contribution < 1.29 is 16.8 Å². The van der Waals surface area contributed by atoms with E-state index in [2.05, 4.69) is 20.8 Å². The molecule has 0 atom stereocenters. The van der Waals surface area contributed by atoms with Gasteiger partial charge >= 0.3 is 10.1 Å². The Hall–Kier alpha value is -0.850. The summed E-state index contributed by atoms with van der Waals surface area (Å²) in [6.07, 6.45) is 7.16. The van der Waals surface area contributed by atoms with Gasteiger partial charge < -0.3 is 0 Å². The Kier molecular flexibility index (Phi) is 11.4. The van der Waals surface area contributed by atoms with Crippen molar-refractivity contribution in [3.63, 3.8) is 0 Å². The fraction of sp³-hybridized carbons (Fsp3) is 0.682. The summed E-state index contributed by atoms with van der Waals surface area (Å²) in [6.45, 7) is 8.20. The molecule has 1 aromatic carbocycles.